The number of rotatable bonds is 6. The lowest BCUT2D eigenvalue weighted by molar-refractivity contribution is 0.0124. The van der Waals surface area contributed by atoms with Crippen molar-refractivity contribution in [2.75, 3.05) is 32.8 Å². The summed E-state index contributed by atoms with van der Waals surface area (Å²) >= 11 is 6.19. The van der Waals surface area contributed by atoms with E-state index in [1.807, 2.05) is 19.1 Å². The topological polar surface area (TPSA) is 54.7 Å². The molecule has 1 fully saturated rings. The highest BCUT2D eigenvalue weighted by Crippen LogP contribution is 2.30. The lowest BCUT2D eigenvalue weighted by Gasteiger charge is -2.35. The number of nitrogens with one attached hydrogen (secondary N) is 1. The van der Waals surface area contributed by atoms with Crippen molar-refractivity contribution in [2.45, 2.75) is 33.2 Å². The summed E-state index contributed by atoms with van der Waals surface area (Å²) in [4.78, 5) is 15.1. The van der Waals surface area contributed by atoms with Gasteiger partial charge in [-0.05, 0) is 25.3 Å². The molecule has 0 radical (unpaired) electrons. The van der Waals surface area contributed by atoms with Gasteiger partial charge in [-0.2, -0.15) is 0 Å². The summed E-state index contributed by atoms with van der Waals surface area (Å²) in [7, 11) is 0. The molecular formula is C20H27ClN2O3. The van der Waals surface area contributed by atoms with Crippen molar-refractivity contribution in [3.8, 4) is 0 Å². The van der Waals surface area contributed by atoms with Crippen molar-refractivity contribution in [1.29, 1.82) is 0 Å². The average molecular weight is 379 g/mol. The number of carbonyl (C=O) groups excluding carboxylic acids is 1. The van der Waals surface area contributed by atoms with Crippen molar-refractivity contribution >= 4 is 28.5 Å². The molecule has 0 aliphatic carbocycles. The van der Waals surface area contributed by atoms with Gasteiger partial charge in [-0.3, -0.25) is 9.69 Å². The Morgan fingerprint density at radius 1 is 1.31 bits per heavy atom. The number of para-hydroxylation sites is 1. The van der Waals surface area contributed by atoms with Crippen LogP contribution in [-0.2, 0) is 4.74 Å². The van der Waals surface area contributed by atoms with Crippen LogP contribution in [0.15, 0.2) is 22.6 Å². The quantitative estimate of drug-likeness (QED) is 0.829. The maximum absolute atomic E-state index is 12.7. The van der Waals surface area contributed by atoms with Gasteiger partial charge in [0, 0.05) is 36.6 Å². The van der Waals surface area contributed by atoms with Crippen LogP contribution in [0, 0.1) is 12.8 Å². The minimum Gasteiger partial charge on any atom is -0.449 e. The minimum atomic E-state index is -0.184. The van der Waals surface area contributed by atoms with E-state index in [9.17, 15) is 4.79 Å². The van der Waals surface area contributed by atoms with Crippen LogP contribution < -0.4 is 5.32 Å². The van der Waals surface area contributed by atoms with Crippen molar-refractivity contribution in [2.24, 2.45) is 5.92 Å². The van der Waals surface area contributed by atoms with E-state index in [1.54, 1.807) is 6.07 Å². The highest BCUT2D eigenvalue weighted by atomic mass is 35.5. The van der Waals surface area contributed by atoms with Crippen molar-refractivity contribution < 1.29 is 13.9 Å². The number of aryl methyl sites for hydroxylation is 1. The van der Waals surface area contributed by atoms with Crippen LogP contribution in [0.25, 0.3) is 11.0 Å². The Hall–Kier alpha value is -1.56. The molecule has 1 aromatic carbocycles. The van der Waals surface area contributed by atoms with E-state index in [1.165, 1.54) is 0 Å². The molecule has 1 aromatic heterocycles. The van der Waals surface area contributed by atoms with Crippen LogP contribution in [0.1, 0.15) is 36.4 Å². The third kappa shape index (κ3) is 4.22. The number of hydrogen-bond acceptors (Lipinski definition) is 4. The molecular weight excluding hydrogens is 352 g/mol. The Morgan fingerprint density at radius 2 is 2.04 bits per heavy atom. The first kappa shape index (κ1) is 19.2. The van der Waals surface area contributed by atoms with Gasteiger partial charge in [0.2, 0.25) is 0 Å². The second-order valence-electron chi connectivity index (χ2n) is 7.31. The zero-order valence-corrected chi connectivity index (χ0v) is 16.4. The molecule has 26 heavy (non-hydrogen) atoms. The van der Waals surface area contributed by atoms with E-state index in [0.717, 1.165) is 43.7 Å². The number of nitrogens with zero attached hydrogens (tertiary/aromatic N) is 1. The molecule has 142 valence electrons. The van der Waals surface area contributed by atoms with Gasteiger partial charge >= 0.3 is 0 Å². The van der Waals surface area contributed by atoms with Crippen LogP contribution >= 0.6 is 11.6 Å². The Morgan fingerprint density at radius 3 is 2.69 bits per heavy atom. The van der Waals surface area contributed by atoms with Crippen LogP contribution in [0.4, 0.5) is 0 Å². The maximum atomic E-state index is 12.7. The monoisotopic (exact) mass is 378 g/mol. The average Bonchev–Trinajstić information content (AvgIpc) is 2.97. The molecule has 0 bridgehead atoms. The van der Waals surface area contributed by atoms with Gasteiger partial charge in [0.15, 0.2) is 11.3 Å². The summed E-state index contributed by atoms with van der Waals surface area (Å²) in [5.74, 6) is 0.724. The van der Waals surface area contributed by atoms with E-state index in [2.05, 4.69) is 24.1 Å². The number of benzene rings is 1. The SMILES string of the molecule is Cc1c(C(=O)NCC(CC(C)C)N2CCOCC2)oc2c(Cl)cccc12. The molecule has 0 saturated carbocycles. The highest BCUT2D eigenvalue weighted by molar-refractivity contribution is 6.35. The highest BCUT2D eigenvalue weighted by Gasteiger charge is 2.24. The lowest BCUT2D eigenvalue weighted by atomic mass is 10.0. The summed E-state index contributed by atoms with van der Waals surface area (Å²) in [6, 6.07) is 5.86. The number of fused-ring (bicyclic) bond motifs is 1. The standard InChI is InChI=1S/C20H27ClN2O3/c1-13(2)11-15(23-7-9-25-10-8-23)12-22-20(24)18-14(3)16-5-4-6-17(21)19(16)26-18/h4-6,13,15H,7-12H2,1-3H3,(H,22,24). The second-order valence-corrected chi connectivity index (χ2v) is 7.72. The molecule has 6 heteroatoms. The van der Waals surface area contributed by atoms with Crippen LogP contribution in [-0.4, -0.2) is 49.7 Å². The molecule has 1 N–H and O–H groups in total. The smallest absolute Gasteiger partial charge is 0.287 e. The Kier molecular flexibility index (Phi) is 6.22. The van der Waals surface area contributed by atoms with E-state index in [-0.39, 0.29) is 5.91 Å². The molecule has 1 aliphatic heterocycles. The molecule has 1 aliphatic rings. The van der Waals surface area contributed by atoms with E-state index >= 15 is 0 Å². The predicted octanol–water partition coefficient (Wildman–Crippen LogP) is 3.87. The summed E-state index contributed by atoms with van der Waals surface area (Å²) in [5.41, 5.74) is 1.40. The van der Waals surface area contributed by atoms with E-state index in [0.29, 0.717) is 34.9 Å². The first-order valence-electron chi connectivity index (χ1n) is 9.25. The number of hydrogen-bond donors (Lipinski definition) is 1. The molecule has 1 unspecified atom stereocenters. The molecule has 1 atom stereocenters. The predicted molar refractivity (Wildman–Crippen MR) is 104 cm³/mol. The molecule has 1 saturated heterocycles. The minimum absolute atomic E-state index is 0.184. The third-order valence-electron chi connectivity index (χ3n) is 4.93. The Balaban J connectivity index is 1.71. The van der Waals surface area contributed by atoms with Gasteiger partial charge in [0.1, 0.15) is 0 Å². The molecule has 5 nitrogen and oxygen atoms in total. The third-order valence-corrected chi connectivity index (χ3v) is 5.22. The molecule has 1 amide bonds. The fourth-order valence-electron chi connectivity index (χ4n) is 3.56. The lowest BCUT2D eigenvalue weighted by Crippen LogP contribution is -2.49. The number of amides is 1. The van der Waals surface area contributed by atoms with Crippen molar-refractivity contribution in [3.05, 3.63) is 34.5 Å². The Bertz CT molecular complexity index is 766. The van der Waals surface area contributed by atoms with Gasteiger partial charge in [0.05, 0.1) is 18.2 Å². The van der Waals surface area contributed by atoms with Crippen LogP contribution in [0.3, 0.4) is 0 Å². The largest absolute Gasteiger partial charge is 0.449 e. The van der Waals surface area contributed by atoms with Crippen molar-refractivity contribution in [3.63, 3.8) is 0 Å². The van der Waals surface area contributed by atoms with Gasteiger partial charge in [-0.15, -0.1) is 0 Å². The number of ether oxygens (including phenoxy) is 1. The Labute approximate surface area is 159 Å². The fourth-order valence-corrected chi connectivity index (χ4v) is 3.78. The fraction of sp³-hybridized carbons (Fsp3) is 0.550. The maximum Gasteiger partial charge on any atom is 0.287 e. The van der Waals surface area contributed by atoms with Gasteiger partial charge in [0.25, 0.3) is 5.91 Å². The molecule has 2 heterocycles. The summed E-state index contributed by atoms with van der Waals surface area (Å²) in [5, 5.41) is 4.47. The first-order chi connectivity index (χ1) is 12.5. The number of carbonyl (C=O) groups is 1. The molecule has 0 spiro atoms. The summed E-state index contributed by atoms with van der Waals surface area (Å²) in [6.45, 7) is 10.2. The van der Waals surface area contributed by atoms with E-state index in [4.69, 9.17) is 20.8 Å². The molecule has 2 aromatic rings. The zero-order chi connectivity index (χ0) is 18.7. The van der Waals surface area contributed by atoms with Crippen LogP contribution in [0.5, 0.6) is 0 Å². The summed E-state index contributed by atoms with van der Waals surface area (Å²) < 4.78 is 11.2. The van der Waals surface area contributed by atoms with Crippen LogP contribution in [0.2, 0.25) is 5.02 Å². The summed E-state index contributed by atoms with van der Waals surface area (Å²) in [6.07, 6.45) is 1.03. The van der Waals surface area contributed by atoms with Crippen molar-refractivity contribution in [1.82, 2.24) is 10.2 Å². The number of morpholine rings is 1. The molecule has 3 rings (SSSR count). The number of furan rings is 1. The van der Waals surface area contributed by atoms with Gasteiger partial charge < -0.3 is 14.5 Å². The first-order valence-corrected chi connectivity index (χ1v) is 9.62. The number of halogens is 1. The second kappa shape index (κ2) is 8.42. The van der Waals surface area contributed by atoms with E-state index < -0.39 is 0 Å². The zero-order valence-electron chi connectivity index (χ0n) is 15.7. The normalized spacial score (nSPS) is 17.0. The van der Waals surface area contributed by atoms with Gasteiger partial charge in [-0.25, -0.2) is 0 Å². The van der Waals surface area contributed by atoms with Gasteiger partial charge in [-0.1, -0.05) is 37.6 Å².